The molecule has 1 saturated carbocycles. The van der Waals surface area contributed by atoms with Gasteiger partial charge in [0.2, 0.25) is 0 Å². The van der Waals surface area contributed by atoms with E-state index in [1.165, 1.54) is 18.4 Å². The molecule has 0 aromatic rings. The number of fused-ring (bicyclic) bond motifs is 1. The highest BCUT2D eigenvalue weighted by atomic mass is 16.3. The lowest BCUT2D eigenvalue weighted by molar-refractivity contribution is -0.111. The van der Waals surface area contributed by atoms with Crippen molar-refractivity contribution in [1.82, 2.24) is 0 Å². The molecule has 2 rings (SSSR count). The molecule has 1 N–H and O–H groups in total. The van der Waals surface area contributed by atoms with E-state index in [4.69, 9.17) is 0 Å². The van der Waals surface area contributed by atoms with E-state index in [1.54, 1.807) is 0 Å². The van der Waals surface area contributed by atoms with Crippen molar-refractivity contribution in [3.05, 3.63) is 11.6 Å². The first kappa shape index (κ1) is 12.2. The standard InChI is InChI=1S/C15H26O/c1-10(2)13-6-5-12(4)15(16)8-7-11(3)9-14(13)15/h9-10,12-14,16H,5-8H2,1-4H3/t12-,13+,14?,15-/m1/s1. The van der Waals surface area contributed by atoms with Crippen molar-refractivity contribution >= 4 is 0 Å². The second-order valence-corrected chi connectivity index (χ2v) is 6.42. The Bertz CT molecular complexity index is 292. The van der Waals surface area contributed by atoms with Crippen molar-refractivity contribution in [3.63, 3.8) is 0 Å². The summed E-state index contributed by atoms with van der Waals surface area (Å²) in [4.78, 5) is 0. The quantitative estimate of drug-likeness (QED) is 0.669. The summed E-state index contributed by atoms with van der Waals surface area (Å²) in [5.41, 5.74) is 1.07. The molecule has 1 heteroatoms. The van der Waals surface area contributed by atoms with Crippen LogP contribution < -0.4 is 0 Å². The molecule has 2 aliphatic carbocycles. The van der Waals surface area contributed by atoms with Gasteiger partial charge in [-0.2, -0.15) is 0 Å². The molecular weight excluding hydrogens is 196 g/mol. The molecule has 0 saturated heterocycles. The van der Waals surface area contributed by atoms with Crippen molar-refractivity contribution in [2.24, 2.45) is 23.7 Å². The Morgan fingerprint density at radius 3 is 2.69 bits per heavy atom. The summed E-state index contributed by atoms with van der Waals surface area (Å²) in [7, 11) is 0. The van der Waals surface area contributed by atoms with Gasteiger partial charge < -0.3 is 5.11 Å². The van der Waals surface area contributed by atoms with Crippen molar-refractivity contribution in [1.29, 1.82) is 0 Å². The summed E-state index contributed by atoms with van der Waals surface area (Å²) in [6.07, 6.45) is 6.93. The van der Waals surface area contributed by atoms with Gasteiger partial charge in [-0.05, 0) is 50.4 Å². The molecule has 0 aromatic heterocycles. The molecular formula is C15H26O. The van der Waals surface area contributed by atoms with Crippen LogP contribution >= 0.6 is 0 Å². The topological polar surface area (TPSA) is 20.2 Å². The van der Waals surface area contributed by atoms with Crippen LogP contribution in [0.15, 0.2) is 11.6 Å². The van der Waals surface area contributed by atoms with E-state index < -0.39 is 5.60 Å². The lowest BCUT2D eigenvalue weighted by Crippen LogP contribution is -2.52. The minimum Gasteiger partial charge on any atom is -0.389 e. The lowest BCUT2D eigenvalue weighted by Gasteiger charge is -2.51. The molecule has 16 heavy (non-hydrogen) atoms. The molecule has 2 aliphatic rings. The van der Waals surface area contributed by atoms with Crippen LogP contribution in [0.5, 0.6) is 0 Å². The maximum Gasteiger partial charge on any atom is 0.0741 e. The smallest absolute Gasteiger partial charge is 0.0741 e. The van der Waals surface area contributed by atoms with E-state index in [0.29, 0.717) is 23.7 Å². The van der Waals surface area contributed by atoms with Crippen molar-refractivity contribution in [2.75, 3.05) is 0 Å². The average molecular weight is 222 g/mol. The van der Waals surface area contributed by atoms with Crippen molar-refractivity contribution in [2.45, 2.75) is 59.0 Å². The van der Waals surface area contributed by atoms with Gasteiger partial charge in [0.1, 0.15) is 0 Å². The van der Waals surface area contributed by atoms with Crippen LogP contribution in [0.25, 0.3) is 0 Å². The molecule has 0 aromatic carbocycles. The SMILES string of the molecule is CC1=CC2[C@H](C(C)C)CC[C@@H](C)[C@]2(O)CC1. The normalized spacial score (nSPS) is 44.1. The lowest BCUT2D eigenvalue weighted by atomic mass is 9.57. The summed E-state index contributed by atoms with van der Waals surface area (Å²) in [6, 6.07) is 0. The third kappa shape index (κ3) is 1.84. The van der Waals surface area contributed by atoms with Crippen LogP contribution in [0.3, 0.4) is 0 Å². The first-order chi connectivity index (χ1) is 7.45. The monoisotopic (exact) mass is 222 g/mol. The Labute approximate surface area is 99.9 Å². The molecule has 0 radical (unpaired) electrons. The van der Waals surface area contributed by atoms with Gasteiger partial charge in [0.25, 0.3) is 0 Å². The predicted octanol–water partition coefficient (Wildman–Crippen LogP) is 3.78. The number of allylic oxidation sites excluding steroid dienone is 1. The zero-order valence-electron chi connectivity index (χ0n) is 11.2. The van der Waals surface area contributed by atoms with Crippen molar-refractivity contribution < 1.29 is 5.11 Å². The van der Waals surface area contributed by atoms with E-state index in [2.05, 4.69) is 33.8 Å². The molecule has 1 fully saturated rings. The molecule has 1 nitrogen and oxygen atoms in total. The van der Waals surface area contributed by atoms with E-state index >= 15 is 0 Å². The van der Waals surface area contributed by atoms with Gasteiger partial charge in [-0.15, -0.1) is 0 Å². The molecule has 92 valence electrons. The molecule has 4 atom stereocenters. The largest absolute Gasteiger partial charge is 0.389 e. The predicted molar refractivity (Wildman–Crippen MR) is 68.2 cm³/mol. The van der Waals surface area contributed by atoms with Crippen LogP contribution in [0.4, 0.5) is 0 Å². The minimum absolute atomic E-state index is 0.407. The Balaban J connectivity index is 2.32. The first-order valence-corrected chi connectivity index (χ1v) is 6.85. The Kier molecular flexibility index (Phi) is 3.18. The molecule has 0 amide bonds. The van der Waals surface area contributed by atoms with Gasteiger partial charge in [0, 0.05) is 5.92 Å². The molecule has 0 aliphatic heterocycles. The number of aliphatic hydroxyl groups is 1. The van der Waals surface area contributed by atoms with Crippen LogP contribution in [-0.4, -0.2) is 10.7 Å². The third-order valence-corrected chi connectivity index (χ3v) is 5.07. The molecule has 0 bridgehead atoms. The molecule has 0 spiro atoms. The maximum atomic E-state index is 11.0. The van der Waals surface area contributed by atoms with Crippen LogP contribution in [0.1, 0.15) is 53.4 Å². The van der Waals surface area contributed by atoms with Crippen LogP contribution in [-0.2, 0) is 0 Å². The summed E-state index contributed by atoms with van der Waals surface area (Å²) in [5, 5.41) is 11.0. The Morgan fingerprint density at radius 2 is 2.06 bits per heavy atom. The summed E-state index contributed by atoms with van der Waals surface area (Å²) >= 11 is 0. The third-order valence-electron chi connectivity index (χ3n) is 5.07. The second kappa shape index (κ2) is 4.18. The summed E-state index contributed by atoms with van der Waals surface area (Å²) in [6.45, 7) is 9.06. The zero-order chi connectivity index (χ0) is 11.9. The summed E-state index contributed by atoms with van der Waals surface area (Å²) < 4.78 is 0. The van der Waals surface area contributed by atoms with Crippen LogP contribution in [0.2, 0.25) is 0 Å². The van der Waals surface area contributed by atoms with E-state index in [-0.39, 0.29) is 0 Å². The Hall–Kier alpha value is -0.300. The minimum atomic E-state index is -0.410. The second-order valence-electron chi connectivity index (χ2n) is 6.42. The van der Waals surface area contributed by atoms with Crippen molar-refractivity contribution in [3.8, 4) is 0 Å². The van der Waals surface area contributed by atoms with Gasteiger partial charge in [0.15, 0.2) is 0 Å². The molecule has 1 unspecified atom stereocenters. The fourth-order valence-electron chi connectivity index (χ4n) is 3.79. The number of rotatable bonds is 1. The van der Waals surface area contributed by atoms with E-state index in [9.17, 15) is 5.11 Å². The van der Waals surface area contributed by atoms with Gasteiger partial charge in [0.05, 0.1) is 5.60 Å². The fourth-order valence-corrected chi connectivity index (χ4v) is 3.79. The van der Waals surface area contributed by atoms with Gasteiger partial charge in [-0.1, -0.05) is 32.4 Å². The van der Waals surface area contributed by atoms with E-state index in [0.717, 1.165) is 12.8 Å². The van der Waals surface area contributed by atoms with Crippen LogP contribution in [0, 0.1) is 23.7 Å². The zero-order valence-corrected chi connectivity index (χ0v) is 11.2. The average Bonchev–Trinajstić information content (AvgIpc) is 2.21. The van der Waals surface area contributed by atoms with Gasteiger partial charge in [-0.25, -0.2) is 0 Å². The van der Waals surface area contributed by atoms with E-state index in [1.807, 2.05) is 0 Å². The van der Waals surface area contributed by atoms with Gasteiger partial charge in [-0.3, -0.25) is 0 Å². The molecule has 0 heterocycles. The Morgan fingerprint density at radius 1 is 1.38 bits per heavy atom. The first-order valence-electron chi connectivity index (χ1n) is 6.85. The number of hydrogen-bond donors (Lipinski definition) is 1. The summed E-state index contributed by atoms with van der Waals surface area (Å²) in [5.74, 6) is 2.24. The highest BCUT2D eigenvalue weighted by Crippen LogP contribution is 2.50. The maximum absolute atomic E-state index is 11.0. The van der Waals surface area contributed by atoms with Gasteiger partial charge >= 0.3 is 0 Å². The number of hydrogen-bond acceptors (Lipinski definition) is 1. The highest BCUT2D eigenvalue weighted by molar-refractivity contribution is 5.17. The highest BCUT2D eigenvalue weighted by Gasteiger charge is 2.49. The fraction of sp³-hybridized carbons (Fsp3) is 0.867.